The van der Waals surface area contributed by atoms with Crippen molar-refractivity contribution in [3.63, 3.8) is 0 Å². The fraction of sp³-hybridized carbons (Fsp3) is 0.188. The molecule has 0 saturated heterocycles. The lowest BCUT2D eigenvalue weighted by atomic mass is 10.1. The minimum atomic E-state index is 0.363. The Balaban J connectivity index is 1.81. The van der Waals surface area contributed by atoms with Gasteiger partial charge in [-0.05, 0) is 35.9 Å². The van der Waals surface area contributed by atoms with Gasteiger partial charge in [-0.1, -0.05) is 27.5 Å². The highest BCUT2D eigenvalue weighted by Crippen LogP contribution is 2.34. The summed E-state index contributed by atoms with van der Waals surface area (Å²) in [7, 11) is 0. The Morgan fingerprint density at radius 1 is 1.33 bits per heavy atom. The Kier molecular flexibility index (Phi) is 4.17. The largest absolute Gasteiger partial charge is 0.493 e. The Hall–Kier alpha value is -1.52. The minimum Gasteiger partial charge on any atom is -0.493 e. The molecule has 0 atom stereocenters. The Morgan fingerprint density at radius 3 is 2.95 bits per heavy atom. The molecular formula is C16H12BrClO3. The predicted molar refractivity (Wildman–Crippen MR) is 84.5 cm³/mol. The van der Waals surface area contributed by atoms with E-state index in [1.807, 2.05) is 6.07 Å². The number of fused-ring (bicyclic) bond motifs is 1. The summed E-state index contributed by atoms with van der Waals surface area (Å²) in [5, 5.41) is 0.423. The van der Waals surface area contributed by atoms with E-state index in [9.17, 15) is 4.79 Å². The summed E-state index contributed by atoms with van der Waals surface area (Å²) in [6.07, 6.45) is 1.67. The van der Waals surface area contributed by atoms with Crippen LogP contribution in [0.4, 0.5) is 0 Å². The second-order valence-electron chi connectivity index (χ2n) is 4.75. The highest BCUT2D eigenvalue weighted by Gasteiger charge is 2.18. The second-order valence-corrected chi connectivity index (χ2v) is 6.07. The van der Waals surface area contributed by atoms with Crippen LogP contribution in [0.1, 0.15) is 21.5 Å². The van der Waals surface area contributed by atoms with Gasteiger partial charge in [-0.2, -0.15) is 0 Å². The molecule has 3 rings (SSSR count). The first kappa shape index (κ1) is 14.4. The van der Waals surface area contributed by atoms with Crippen LogP contribution in [0, 0.1) is 0 Å². The standard InChI is InChI=1S/C16H12BrClO3/c17-13-6-11-3-4-20-16(11)12(7-13)9-21-15-2-1-10(8-19)5-14(15)18/h1-2,5-8H,3-4,9H2. The highest BCUT2D eigenvalue weighted by atomic mass is 79.9. The fourth-order valence-electron chi connectivity index (χ4n) is 2.32. The lowest BCUT2D eigenvalue weighted by Crippen LogP contribution is -1.99. The zero-order valence-electron chi connectivity index (χ0n) is 11.1. The van der Waals surface area contributed by atoms with E-state index >= 15 is 0 Å². The molecule has 0 saturated carbocycles. The molecule has 0 radical (unpaired) electrons. The molecule has 2 aromatic carbocycles. The number of hydrogen-bond acceptors (Lipinski definition) is 3. The first-order valence-corrected chi connectivity index (χ1v) is 7.66. The van der Waals surface area contributed by atoms with Crippen molar-refractivity contribution in [1.82, 2.24) is 0 Å². The third-order valence-electron chi connectivity index (χ3n) is 3.30. The molecule has 5 heteroatoms. The van der Waals surface area contributed by atoms with Gasteiger partial charge >= 0.3 is 0 Å². The van der Waals surface area contributed by atoms with Crippen molar-refractivity contribution in [2.75, 3.05) is 6.61 Å². The van der Waals surface area contributed by atoms with Crippen LogP contribution in [-0.2, 0) is 13.0 Å². The van der Waals surface area contributed by atoms with Crippen LogP contribution in [-0.4, -0.2) is 12.9 Å². The van der Waals surface area contributed by atoms with Crippen molar-refractivity contribution in [2.24, 2.45) is 0 Å². The summed E-state index contributed by atoms with van der Waals surface area (Å²) in [5.41, 5.74) is 2.69. The van der Waals surface area contributed by atoms with Crippen molar-refractivity contribution in [2.45, 2.75) is 13.0 Å². The molecule has 1 heterocycles. The van der Waals surface area contributed by atoms with Gasteiger partial charge in [-0.3, -0.25) is 4.79 Å². The number of rotatable bonds is 4. The van der Waals surface area contributed by atoms with Crippen molar-refractivity contribution >= 4 is 33.8 Å². The number of carbonyl (C=O) groups excluding carboxylic acids is 1. The summed E-state index contributed by atoms with van der Waals surface area (Å²) in [4.78, 5) is 10.7. The molecule has 3 nitrogen and oxygen atoms in total. The van der Waals surface area contributed by atoms with Crippen LogP contribution in [0.5, 0.6) is 11.5 Å². The monoisotopic (exact) mass is 366 g/mol. The van der Waals surface area contributed by atoms with E-state index in [-0.39, 0.29) is 0 Å². The number of halogens is 2. The maximum absolute atomic E-state index is 10.7. The van der Waals surface area contributed by atoms with Crippen molar-refractivity contribution in [1.29, 1.82) is 0 Å². The Labute approximate surface area is 136 Å². The van der Waals surface area contributed by atoms with E-state index in [1.165, 1.54) is 5.56 Å². The molecule has 108 valence electrons. The zero-order valence-corrected chi connectivity index (χ0v) is 13.4. The smallest absolute Gasteiger partial charge is 0.150 e. The topological polar surface area (TPSA) is 35.5 Å². The summed E-state index contributed by atoms with van der Waals surface area (Å²) < 4.78 is 12.4. The molecular weight excluding hydrogens is 356 g/mol. The zero-order chi connectivity index (χ0) is 14.8. The maximum Gasteiger partial charge on any atom is 0.150 e. The molecule has 0 fully saturated rings. The molecule has 1 aliphatic rings. The van der Waals surface area contributed by atoms with E-state index in [4.69, 9.17) is 21.1 Å². The molecule has 2 aromatic rings. The van der Waals surface area contributed by atoms with Gasteiger partial charge in [0.2, 0.25) is 0 Å². The first-order chi connectivity index (χ1) is 10.2. The average Bonchev–Trinajstić information content (AvgIpc) is 2.93. The fourth-order valence-corrected chi connectivity index (χ4v) is 3.11. The molecule has 0 unspecified atom stereocenters. The predicted octanol–water partition coefficient (Wildman–Crippen LogP) is 4.43. The lowest BCUT2D eigenvalue weighted by Gasteiger charge is -2.12. The Morgan fingerprint density at radius 2 is 2.19 bits per heavy atom. The number of ether oxygens (including phenoxy) is 2. The van der Waals surface area contributed by atoms with Gasteiger partial charge < -0.3 is 9.47 Å². The van der Waals surface area contributed by atoms with Crippen LogP contribution in [0.3, 0.4) is 0 Å². The molecule has 0 bridgehead atoms. The number of aldehydes is 1. The van der Waals surface area contributed by atoms with E-state index in [0.717, 1.165) is 28.5 Å². The maximum atomic E-state index is 10.7. The summed E-state index contributed by atoms with van der Waals surface area (Å²) >= 11 is 9.60. The van der Waals surface area contributed by atoms with Gasteiger partial charge in [-0.15, -0.1) is 0 Å². The van der Waals surface area contributed by atoms with E-state index in [1.54, 1.807) is 18.2 Å². The van der Waals surface area contributed by atoms with Gasteiger partial charge in [0.15, 0.2) is 0 Å². The highest BCUT2D eigenvalue weighted by molar-refractivity contribution is 9.10. The second kappa shape index (κ2) is 6.08. The van der Waals surface area contributed by atoms with Crippen molar-refractivity contribution in [3.05, 3.63) is 56.5 Å². The van der Waals surface area contributed by atoms with Gasteiger partial charge in [0.05, 0.1) is 11.6 Å². The first-order valence-electron chi connectivity index (χ1n) is 6.49. The number of hydrogen-bond donors (Lipinski definition) is 0. The molecule has 0 aliphatic carbocycles. The third-order valence-corrected chi connectivity index (χ3v) is 4.05. The van der Waals surface area contributed by atoms with Gasteiger partial charge in [0, 0.05) is 22.0 Å². The van der Waals surface area contributed by atoms with Gasteiger partial charge in [0.1, 0.15) is 24.4 Å². The van der Waals surface area contributed by atoms with Crippen LogP contribution in [0.25, 0.3) is 0 Å². The summed E-state index contributed by atoms with van der Waals surface area (Å²) in [6.45, 7) is 1.06. The third kappa shape index (κ3) is 3.06. The number of carbonyl (C=O) groups is 1. The van der Waals surface area contributed by atoms with E-state index in [2.05, 4.69) is 22.0 Å². The van der Waals surface area contributed by atoms with E-state index in [0.29, 0.717) is 29.5 Å². The SMILES string of the molecule is O=Cc1ccc(OCc2cc(Br)cc3c2OCC3)c(Cl)c1. The van der Waals surface area contributed by atoms with Crippen LogP contribution < -0.4 is 9.47 Å². The number of benzene rings is 2. The quantitative estimate of drug-likeness (QED) is 0.750. The van der Waals surface area contributed by atoms with Crippen LogP contribution in [0.15, 0.2) is 34.8 Å². The normalized spacial score (nSPS) is 12.7. The molecule has 21 heavy (non-hydrogen) atoms. The summed E-state index contributed by atoms with van der Waals surface area (Å²) in [6, 6.07) is 9.02. The molecule has 0 spiro atoms. The summed E-state index contributed by atoms with van der Waals surface area (Å²) in [5.74, 6) is 1.45. The Bertz CT molecular complexity index is 700. The lowest BCUT2D eigenvalue weighted by molar-refractivity contribution is 0.112. The van der Waals surface area contributed by atoms with Gasteiger partial charge in [0.25, 0.3) is 0 Å². The van der Waals surface area contributed by atoms with Crippen molar-refractivity contribution in [3.8, 4) is 11.5 Å². The van der Waals surface area contributed by atoms with Crippen LogP contribution >= 0.6 is 27.5 Å². The molecule has 1 aliphatic heterocycles. The van der Waals surface area contributed by atoms with Gasteiger partial charge in [-0.25, -0.2) is 0 Å². The van der Waals surface area contributed by atoms with Crippen LogP contribution in [0.2, 0.25) is 5.02 Å². The molecule has 0 N–H and O–H groups in total. The molecule has 0 amide bonds. The van der Waals surface area contributed by atoms with E-state index < -0.39 is 0 Å². The average molecular weight is 368 g/mol. The minimum absolute atomic E-state index is 0.363. The van der Waals surface area contributed by atoms with Crippen molar-refractivity contribution < 1.29 is 14.3 Å². The molecule has 0 aromatic heterocycles.